The highest BCUT2D eigenvalue weighted by Crippen LogP contribution is 2.32. The Balaban J connectivity index is 0.00000264. The average Bonchev–Trinajstić information content (AvgIpc) is 3.50. The van der Waals surface area contributed by atoms with E-state index >= 15 is 0 Å². The van der Waals surface area contributed by atoms with Crippen LogP contribution in [0, 0.1) is 0 Å². The van der Waals surface area contributed by atoms with Gasteiger partial charge in [-0.1, -0.05) is 72.8 Å². The van der Waals surface area contributed by atoms with Crippen LogP contribution in [0.1, 0.15) is 28.9 Å². The van der Waals surface area contributed by atoms with E-state index in [1.165, 1.54) is 5.56 Å². The van der Waals surface area contributed by atoms with E-state index in [0.29, 0.717) is 0 Å². The second kappa shape index (κ2) is 9.58. The first-order chi connectivity index (χ1) is 18.2. The van der Waals surface area contributed by atoms with Gasteiger partial charge in [0, 0.05) is 16.3 Å². The minimum absolute atomic E-state index is 0. The van der Waals surface area contributed by atoms with Gasteiger partial charge in [-0.3, -0.25) is 4.79 Å². The number of fused-ring (bicyclic) bond motifs is 5. The molecule has 0 aliphatic carbocycles. The summed E-state index contributed by atoms with van der Waals surface area (Å²) in [5, 5.41) is 4.46. The molecule has 7 aromatic rings. The maximum atomic E-state index is 13.4. The highest BCUT2D eigenvalue weighted by atomic mass is 79.9. The quantitative estimate of drug-likeness (QED) is 0.230. The van der Waals surface area contributed by atoms with Crippen LogP contribution in [-0.2, 0) is 6.54 Å². The van der Waals surface area contributed by atoms with Crippen LogP contribution in [0.15, 0.2) is 120 Å². The molecule has 0 amide bonds. The fraction of sp³-hybridized carbons (Fsp3) is 0.0909. The van der Waals surface area contributed by atoms with Gasteiger partial charge in [0.25, 0.3) is 0 Å². The van der Waals surface area contributed by atoms with Crippen LogP contribution in [0.3, 0.4) is 0 Å². The lowest BCUT2D eigenvalue weighted by Crippen LogP contribution is -3.00. The number of nitrogens with zero attached hydrogens (tertiary/aromatic N) is 2. The molecule has 7 rings (SSSR count). The van der Waals surface area contributed by atoms with Gasteiger partial charge in [0.05, 0.1) is 0 Å². The maximum absolute atomic E-state index is 13.4. The summed E-state index contributed by atoms with van der Waals surface area (Å²) in [7, 11) is 0. The van der Waals surface area contributed by atoms with Gasteiger partial charge in [-0.2, -0.15) is 0 Å². The molecule has 2 aromatic heterocycles. The molecule has 38 heavy (non-hydrogen) atoms. The molecule has 0 radical (unpaired) electrons. The molecule has 0 aliphatic heterocycles. The minimum atomic E-state index is 0. The average molecular weight is 561 g/mol. The van der Waals surface area contributed by atoms with Gasteiger partial charge in [0.1, 0.15) is 17.2 Å². The minimum Gasteiger partial charge on any atom is -1.00 e. The van der Waals surface area contributed by atoms with Crippen LogP contribution < -0.4 is 21.5 Å². The van der Waals surface area contributed by atoms with E-state index in [1.54, 1.807) is 0 Å². The van der Waals surface area contributed by atoms with Crippen LogP contribution in [0.2, 0.25) is 0 Å². The highest BCUT2D eigenvalue weighted by Gasteiger charge is 2.23. The van der Waals surface area contributed by atoms with Crippen molar-refractivity contribution in [3.8, 4) is 0 Å². The summed E-state index contributed by atoms with van der Waals surface area (Å²) in [6.45, 7) is 2.48. The zero-order chi connectivity index (χ0) is 24.9. The first kappa shape index (κ1) is 24.1. The van der Waals surface area contributed by atoms with Crippen molar-refractivity contribution in [2.24, 2.45) is 0 Å². The largest absolute Gasteiger partial charge is 1.00 e. The Kier molecular flexibility index (Phi) is 6.09. The summed E-state index contributed by atoms with van der Waals surface area (Å²) in [4.78, 5) is 13.4. The number of furan rings is 1. The summed E-state index contributed by atoms with van der Waals surface area (Å²) in [6, 6.07) is 37.0. The smallest absolute Gasteiger partial charge is 0.245 e. The fourth-order valence-corrected chi connectivity index (χ4v) is 5.41. The number of halogens is 1. The van der Waals surface area contributed by atoms with E-state index in [1.807, 2.05) is 66.7 Å². The molecular formula is C33H25BrN2O2. The lowest BCUT2D eigenvalue weighted by atomic mass is 10.0. The van der Waals surface area contributed by atoms with E-state index in [2.05, 4.69) is 64.8 Å². The number of para-hydroxylation sites is 3. The summed E-state index contributed by atoms with van der Waals surface area (Å²) >= 11 is 0. The van der Waals surface area contributed by atoms with E-state index in [4.69, 9.17) is 4.42 Å². The number of imidazole rings is 1. The number of carbonyl (C=O) groups excluding carboxylic acids is 1. The van der Waals surface area contributed by atoms with Crippen molar-refractivity contribution >= 4 is 49.5 Å². The Labute approximate surface area is 230 Å². The van der Waals surface area contributed by atoms with Crippen LogP contribution >= 0.6 is 0 Å². The SMILES string of the molecule is CC(c1ccc2oc3ccccc3c2c1)n1c[n+](CC(=O)c2ccc3ccccc3c2)c2ccccc21.[Br-]. The number of Topliss-reactive ketones (excluding diaryl/α,β-unsaturated/α-hetero) is 1. The van der Waals surface area contributed by atoms with Crippen molar-refractivity contribution < 1.29 is 30.8 Å². The number of rotatable bonds is 5. The lowest BCUT2D eigenvalue weighted by Gasteiger charge is -2.09. The molecule has 5 aromatic carbocycles. The van der Waals surface area contributed by atoms with Crippen LogP contribution in [0.4, 0.5) is 0 Å². The van der Waals surface area contributed by atoms with Crippen molar-refractivity contribution in [2.75, 3.05) is 0 Å². The van der Waals surface area contributed by atoms with Gasteiger partial charge in [-0.15, -0.1) is 0 Å². The van der Waals surface area contributed by atoms with Crippen molar-refractivity contribution in [3.05, 3.63) is 127 Å². The van der Waals surface area contributed by atoms with Gasteiger partial charge >= 0.3 is 0 Å². The standard InChI is InChI=1S/C33H25N2O2.BrH/c1-22(24-16-17-33-28(19-24)27-10-4-7-13-32(27)37-33)35-21-34(29-11-5-6-12-30(29)35)20-31(36)26-15-14-23-8-2-3-9-25(23)18-26;/h2-19,21-22H,20H2,1H3;1H/q+1;/p-1. The molecule has 0 bridgehead atoms. The van der Waals surface area contributed by atoms with Gasteiger partial charge in [-0.05, 0) is 59.7 Å². The maximum Gasteiger partial charge on any atom is 0.245 e. The molecule has 2 heterocycles. The summed E-state index contributed by atoms with van der Waals surface area (Å²) in [5.41, 5.74) is 5.85. The number of hydrogen-bond donors (Lipinski definition) is 0. The molecule has 4 nitrogen and oxygen atoms in total. The van der Waals surface area contributed by atoms with Gasteiger partial charge in [0.15, 0.2) is 17.6 Å². The monoisotopic (exact) mass is 560 g/mol. The molecule has 1 atom stereocenters. The second-order valence-electron chi connectivity index (χ2n) is 9.65. The van der Waals surface area contributed by atoms with Crippen molar-refractivity contribution in [1.82, 2.24) is 4.57 Å². The Morgan fingerprint density at radius 2 is 1.53 bits per heavy atom. The van der Waals surface area contributed by atoms with E-state index < -0.39 is 0 Å². The van der Waals surface area contributed by atoms with Gasteiger partial charge < -0.3 is 21.4 Å². The third-order valence-corrected chi connectivity index (χ3v) is 7.42. The van der Waals surface area contributed by atoms with Gasteiger partial charge in [-0.25, -0.2) is 9.13 Å². The highest BCUT2D eigenvalue weighted by molar-refractivity contribution is 6.05. The molecule has 0 saturated heterocycles. The topological polar surface area (TPSA) is 39.0 Å². The van der Waals surface area contributed by atoms with Crippen LogP contribution in [-0.4, -0.2) is 10.4 Å². The predicted molar refractivity (Wildman–Crippen MR) is 148 cm³/mol. The molecule has 0 aliphatic rings. The first-order valence-corrected chi connectivity index (χ1v) is 12.6. The van der Waals surface area contributed by atoms with E-state index in [-0.39, 0.29) is 35.4 Å². The molecule has 0 saturated carbocycles. The van der Waals surface area contributed by atoms with Crippen molar-refractivity contribution in [3.63, 3.8) is 0 Å². The summed E-state index contributed by atoms with van der Waals surface area (Å²) in [5.74, 6) is 0.0950. The Morgan fingerprint density at radius 3 is 2.42 bits per heavy atom. The van der Waals surface area contributed by atoms with Crippen LogP contribution in [0.5, 0.6) is 0 Å². The lowest BCUT2D eigenvalue weighted by molar-refractivity contribution is -0.658. The van der Waals surface area contributed by atoms with Crippen molar-refractivity contribution in [2.45, 2.75) is 19.5 Å². The second-order valence-corrected chi connectivity index (χ2v) is 9.65. The molecule has 1 unspecified atom stereocenters. The third kappa shape index (κ3) is 4.00. The van der Waals surface area contributed by atoms with E-state index in [0.717, 1.165) is 49.3 Å². The van der Waals surface area contributed by atoms with E-state index in [9.17, 15) is 4.79 Å². The Bertz CT molecular complexity index is 1970. The number of hydrogen-bond acceptors (Lipinski definition) is 2. The van der Waals surface area contributed by atoms with Gasteiger partial charge in [0.2, 0.25) is 12.1 Å². The number of benzene rings is 5. The Hall–Kier alpha value is -4.22. The van der Waals surface area contributed by atoms with Crippen molar-refractivity contribution in [1.29, 1.82) is 0 Å². The molecule has 186 valence electrons. The zero-order valence-electron chi connectivity index (χ0n) is 20.8. The molecule has 5 heteroatoms. The number of ketones is 1. The first-order valence-electron chi connectivity index (χ1n) is 12.6. The fourth-order valence-electron chi connectivity index (χ4n) is 5.41. The molecule has 0 fully saturated rings. The number of aromatic nitrogens is 2. The third-order valence-electron chi connectivity index (χ3n) is 7.42. The number of carbonyl (C=O) groups is 1. The molecule has 0 spiro atoms. The molecular weight excluding hydrogens is 536 g/mol. The predicted octanol–water partition coefficient (Wildman–Crippen LogP) is 4.48. The molecule has 0 N–H and O–H groups in total. The summed E-state index contributed by atoms with van der Waals surface area (Å²) in [6.07, 6.45) is 2.08. The summed E-state index contributed by atoms with van der Waals surface area (Å²) < 4.78 is 10.4. The Morgan fingerprint density at radius 1 is 0.789 bits per heavy atom. The normalized spacial score (nSPS) is 12.2. The zero-order valence-corrected chi connectivity index (χ0v) is 22.4. The van der Waals surface area contributed by atoms with Crippen LogP contribution in [0.25, 0.3) is 43.7 Å².